The summed E-state index contributed by atoms with van der Waals surface area (Å²) in [6.45, 7) is 0. The highest BCUT2D eigenvalue weighted by molar-refractivity contribution is 6.56. The number of nitrogens with two attached hydrogens (primary N) is 1. The first kappa shape index (κ1) is 14.2. The molecule has 0 aromatic heterocycles. The molecule has 1 aromatic carbocycles. The second kappa shape index (κ2) is 5.41. The molecule has 2 rings (SSSR count). The molecule has 0 saturated carbocycles. The Morgan fingerprint density at radius 1 is 1.10 bits per heavy atom. The summed E-state index contributed by atoms with van der Waals surface area (Å²) in [7, 11) is 0. The van der Waals surface area contributed by atoms with Crippen molar-refractivity contribution in [2.75, 3.05) is 0 Å². The number of carbonyl (C=O) groups excluding carboxylic acids is 2. The molecule has 0 radical (unpaired) electrons. The quantitative estimate of drug-likeness (QED) is 0.710. The fraction of sp³-hybridized carbons (Fsp3) is 0. The number of hydrogen-bond acceptors (Lipinski definition) is 5. The van der Waals surface area contributed by atoms with Crippen molar-refractivity contribution in [3.05, 3.63) is 53.3 Å². The first-order chi connectivity index (χ1) is 9.90. The van der Waals surface area contributed by atoms with Crippen LogP contribution < -0.4 is 5.73 Å². The van der Waals surface area contributed by atoms with E-state index in [0.717, 1.165) is 12.2 Å². The maximum atomic E-state index is 11.8. The summed E-state index contributed by atoms with van der Waals surface area (Å²) in [6.07, 6.45) is 2.13. The van der Waals surface area contributed by atoms with E-state index in [1.807, 2.05) is 0 Å². The standard InChI is InChI=1S/C14H10N2O5/c15-13(19)11-9(17)5-6-10(18)12(11)16-8-3-1-7(2-4-8)14(20)21/h1-6,17H,(H2,15,19)(H,20,21). The molecule has 0 spiro atoms. The molecule has 7 heteroatoms. The van der Waals surface area contributed by atoms with Crippen molar-refractivity contribution < 1.29 is 24.6 Å². The lowest BCUT2D eigenvalue weighted by Gasteiger charge is -2.10. The summed E-state index contributed by atoms with van der Waals surface area (Å²) >= 11 is 0. The van der Waals surface area contributed by atoms with Crippen LogP contribution in [0.5, 0.6) is 0 Å². The average molecular weight is 286 g/mol. The summed E-state index contributed by atoms with van der Waals surface area (Å²) in [5, 5.41) is 18.4. The Morgan fingerprint density at radius 2 is 1.71 bits per heavy atom. The van der Waals surface area contributed by atoms with Crippen LogP contribution in [0.15, 0.2) is 52.7 Å². The lowest BCUT2D eigenvalue weighted by Crippen LogP contribution is -2.29. The minimum Gasteiger partial charge on any atom is -0.507 e. The van der Waals surface area contributed by atoms with Gasteiger partial charge in [-0.25, -0.2) is 9.79 Å². The van der Waals surface area contributed by atoms with Gasteiger partial charge in [0.25, 0.3) is 5.91 Å². The van der Waals surface area contributed by atoms with Gasteiger partial charge in [-0.05, 0) is 36.4 Å². The molecule has 0 bridgehead atoms. The van der Waals surface area contributed by atoms with Crippen LogP contribution in [0.4, 0.5) is 5.69 Å². The first-order valence-electron chi connectivity index (χ1n) is 5.78. The number of carboxylic acids is 1. The molecule has 0 heterocycles. The van der Waals surface area contributed by atoms with Gasteiger partial charge in [0.05, 0.1) is 11.3 Å². The Labute approximate surface area is 118 Å². The molecule has 0 fully saturated rings. The van der Waals surface area contributed by atoms with Crippen LogP contribution in [0.1, 0.15) is 10.4 Å². The summed E-state index contributed by atoms with van der Waals surface area (Å²) < 4.78 is 0. The number of ketones is 1. The number of aromatic carboxylic acids is 1. The van der Waals surface area contributed by atoms with Crippen LogP contribution in [0.3, 0.4) is 0 Å². The van der Waals surface area contributed by atoms with E-state index in [1.54, 1.807) is 0 Å². The van der Waals surface area contributed by atoms with Gasteiger partial charge in [-0.2, -0.15) is 0 Å². The second-order valence-corrected chi connectivity index (χ2v) is 4.13. The topological polar surface area (TPSA) is 130 Å². The Balaban J connectivity index is 2.47. The van der Waals surface area contributed by atoms with Gasteiger partial charge in [-0.3, -0.25) is 9.59 Å². The zero-order valence-corrected chi connectivity index (χ0v) is 10.6. The van der Waals surface area contributed by atoms with Gasteiger partial charge < -0.3 is 15.9 Å². The van der Waals surface area contributed by atoms with E-state index in [2.05, 4.69) is 4.99 Å². The van der Waals surface area contributed by atoms with Gasteiger partial charge >= 0.3 is 5.97 Å². The zero-order chi connectivity index (χ0) is 15.6. The molecule has 106 valence electrons. The maximum absolute atomic E-state index is 11.8. The van der Waals surface area contributed by atoms with Crippen molar-refractivity contribution in [2.24, 2.45) is 10.7 Å². The fourth-order valence-electron chi connectivity index (χ4n) is 1.72. The number of aliphatic imine (C=N–C) groups is 1. The summed E-state index contributed by atoms with van der Waals surface area (Å²) in [4.78, 5) is 37.8. The third-order valence-corrected chi connectivity index (χ3v) is 2.72. The van der Waals surface area contributed by atoms with Gasteiger partial charge in [0.15, 0.2) is 0 Å². The number of carboxylic acid groups (broad SMARTS) is 1. The number of allylic oxidation sites excluding steroid dienone is 2. The minimum absolute atomic E-state index is 0.0577. The largest absolute Gasteiger partial charge is 0.507 e. The number of carbonyl (C=O) groups is 3. The van der Waals surface area contributed by atoms with Gasteiger partial charge in [-0.1, -0.05) is 0 Å². The normalized spacial score (nSPS) is 16.4. The molecule has 1 aliphatic rings. The number of aliphatic hydroxyl groups excluding tert-OH is 1. The second-order valence-electron chi connectivity index (χ2n) is 4.13. The Morgan fingerprint density at radius 3 is 2.24 bits per heavy atom. The summed E-state index contributed by atoms with van der Waals surface area (Å²) in [5.74, 6) is -3.10. The van der Waals surface area contributed by atoms with Crippen LogP contribution in [0.25, 0.3) is 0 Å². The monoisotopic (exact) mass is 286 g/mol. The lowest BCUT2D eigenvalue weighted by molar-refractivity contribution is -0.115. The van der Waals surface area contributed by atoms with Crippen LogP contribution in [0.2, 0.25) is 0 Å². The molecule has 7 nitrogen and oxygen atoms in total. The molecule has 1 aromatic rings. The van der Waals surface area contributed by atoms with E-state index in [9.17, 15) is 19.5 Å². The number of amides is 1. The van der Waals surface area contributed by atoms with E-state index in [-0.39, 0.29) is 22.5 Å². The predicted octanol–water partition coefficient (Wildman–Crippen LogP) is 0.894. The predicted molar refractivity (Wildman–Crippen MR) is 73.5 cm³/mol. The Hall–Kier alpha value is -3.22. The molecule has 0 aliphatic heterocycles. The van der Waals surface area contributed by atoms with Crippen molar-refractivity contribution in [3.8, 4) is 0 Å². The van der Waals surface area contributed by atoms with E-state index in [1.165, 1.54) is 24.3 Å². The molecule has 0 atom stereocenters. The van der Waals surface area contributed by atoms with Gasteiger partial charge in [-0.15, -0.1) is 0 Å². The lowest BCUT2D eigenvalue weighted by atomic mass is 9.99. The smallest absolute Gasteiger partial charge is 0.335 e. The zero-order valence-electron chi connectivity index (χ0n) is 10.6. The van der Waals surface area contributed by atoms with Crippen molar-refractivity contribution in [2.45, 2.75) is 0 Å². The van der Waals surface area contributed by atoms with Crippen molar-refractivity contribution in [1.29, 1.82) is 0 Å². The molecule has 0 saturated heterocycles. The molecule has 21 heavy (non-hydrogen) atoms. The highest BCUT2D eigenvalue weighted by atomic mass is 16.4. The maximum Gasteiger partial charge on any atom is 0.335 e. The third-order valence-electron chi connectivity index (χ3n) is 2.72. The number of hydrogen-bond donors (Lipinski definition) is 3. The van der Waals surface area contributed by atoms with E-state index >= 15 is 0 Å². The highest BCUT2D eigenvalue weighted by Crippen LogP contribution is 2.19. The number of benzene rings is 1. The summed E-state index contributed by atoms with van der Waals surface area (Å²) in [6, 6.07) is 5.35. The van der Waals surface area contributed by atoms with E-state index < -0.39 is 23.4 Å². The van der Waals surface area contributed by atoms with E-state index in [0.29, 0.717) is 0 Å². The number of primary amides is 1. The van der Waals surface area contributed by atoms with Crippen LogP contribution in [0, 0.1) is 0 Å². The van der Waals surface area contributed by atoms with Crippen molar-refractivity contribution in [3.63, 3.8) is 0 Å². The van der Waals surface area contributed by atoms with Crippen LogP contribution >= 0.6 is 0 Å². The molecule has 0 unspecified atom stereocenters. The van der Waals surface area contributed by atoms with Gasteiger partial charge in [0.2, 0.25) is 5.78 Å². The van der Waals surface area contributed by atoms with Gasteiger partial charge in [0.1, 0.15) is 17.0 Å². The van der Waals surface area contributed by atoms with E-state index in [4.69, 9.17) is 10.8 Å². The van der Waals surface area contributed by atoms with Crippen molar-refractivity contribution >= 4 is 29.1 Å². The highest BCUT2D eigenvalue weighted by Gasteiger charge is 2.26. The van der Waals surface area contributed by atoms with Crippen LogP contribution in [-0.2, 0) is 9.59 Å². The Bertz CT molecular complexity index is 726. The molecule has 4 N–H and O–H groups in total. The average Bonchev–Trinajstić information content (AvgIpc) is 2.43. The third kappa shape index (κ3) is 2.86. The fourth-order valence-corrected chi connectivity index (χ4v) is 1.72. The minimum atomic E-state index is -1.10. The van der Waals surface area contributed by atoms with Crippen LogP contribution in [-0.4, -0.2) is 33.6 Å². The number of aliphatic hydroxyl groups is 1. The molecular weight excluding hydrogens is 276 g/mol. The SMILES string of the molecule is NC(=O)C1=C(O)C=CC(=O)C1=Nc1ccc(C(=O)O)cc1. The number of nitrogens with zero attached hydrogens (tertiary/aromatic N) is 1. The molecule has 1 amide bonds. The molecule has 1 aliphatic carbocycles. The van der Waals surface area contributed by atoms with Crippen molar-refractivity contribution in [1.82, 2.24) is 0 Å². The van der Waals surface area contributed by atoms with Gasteiger partial charge in [0, 0.05) is 0 Å². The molecular formula is C14H10N2O5. The number of rotatable bonds is 3. The first-order valence-corrected chi connectivity index (χ1v) is 5.78. The summed E-state index contributed by atoms with van der Waals surface area (Å²) in [5.41, 5.74) is 4.78. The Kier molecular flexibility index (Phi) is 3.66.